The summed E-state index contributed by atoms with van der Waals surface area (Å²) in [6.45, 7) is 0. The van der Waals surface area contributed by atoms with Gasteiger partial charge in [0.25, 0.3) is 0 Å². The van der Waals surface area contributed by atoms with E-state index in [-0.39, 0.29) is 0 Å². The number of hydrogen-bond acceptors (Lipinski definition) is 4. The number of hydrogen-bond donors (Lipinski definition) is 1. The van der Waals surface area contributed by atoms with Gasteiger partial charge in [0.2, 0.25) is 5.95 Å². The molecule has 4 aromatic rings. The van der Waals surface area contributed by atoms with Gasteiger partial charge in [-0.2, -0.15) is 0 Å². The van der Waals surface area contributed by atoms with Crippen molar-refractivity contribution in [3.63, 3.8) is 0 Å². The van der Waals surface area contributed by atoms with Crippen LogP contribution in [-0.4, -0.2) is 24.2 Å². The van der Waals surface area contributed by atoms with Crippen LogP contribution >= 0.6 is 0 Å². The lowest BCUT2D eigenvalue weighted by atomic mass is 10.0. The molecule has 3 aromatic carbocycles. The molecule has 0 radical (unpaired) electrons. The number of aromatic nitrogens is 2. The summed E-state index contributed by atoms with van der Waals surface area (Å²) in [4.78, 5) is 5.08. The summed E-state index contributed by atoms with van der Waals surface area (Å²) in [5, 5.41) is 3.31. The first-order valence-corrected chi connectivity index (χ1v) is 11.2. The molecule has 6 heteroatoms. The molecule has 0 saturated heterocycles. The third kappa shape index (κ3) is 2.93. The van der Waals surface area contributed by atoms with Crippen LogP contribution < -0.4 is 5.32 Å². The number of benzene rings is 3. The van der Waals surface area contributed by atoms with Crippen LogP contribution in [0.2, 0.25) is 0 Å². The van der Waals surface area contributed by atoms with Crippen molar-refractivity contribution in [3.8, 4) is 0 Å². The lowest BCUT2D eigenvalue weighted by molar-refractivity contribution is 0.597. The highest BCUT2D eigenvalue weighted by Crippen LogP contribution is 2.43. The molecule has 2 heterocycles. The molecule has 1 aromatic heterocycles. The van der Waals surface area contributed by atoms with E-state index in [0.717, 1.165) is 22.2 Å². The molecule has 5 rings (SSSR count). The number of fused-ring (bicyclic) bond motifs is 3. The lowest BCUT2D eigenvalue weighted by Gasteiger charge is -2.31. The first-order valence-electron chi connectivity index (χ1n) is 9.32. The highest BCUT2D eigenvalue weighted by Gasteiger charge is 2.37. The Morgan fingerprint density at radius 2 is 1.48 bits per heavy atom. The van der Waals surface area contributed by atoms with Crippen LogP contribution in [0.3, 0.4) is 0 Å². The zero-order valence-corrected chi connectivity index (χ0v) is 16.6. The largest absolute Gasteiger partial charge is 0.324 e. The Hall–Kier alpha value is -3.38. The second kappa shape index (κ2) is 6.60. The van der Waals surface area contributed by atoms with Gasteiger partial charge in [-0.1, -0.05) is 72.8 Å². The Morgan fingerprint density at radius 1 is 0.862 bits per heavy atom. The lowest BCUT2D eigenvalue weighted by Crippen LogP contribution is -2.27. The molecule has 1 unspecified atom stereocenters. The average Bonchev–Trinajstić information content (AvgIpc) is 3.11. The van der Waals surface area contributed by atoms with Crippen molar-refractivity contribution in [2.24, 2.45) is 0 Å². The van der Waals surface area contributed by atoms with Crippen LogP contribution in [0.5, 0.6) is 0 Å². The molecule has 1 aliphatic rings. The van der Waals surface area contributed by atoms with Crippen molar-refractivity contribution < 1.29 is 8.42 Å². The minimum absolute atomic E-state index is 0.338. The van der Waals surface area contributed by atoms with Crippen LogP contribution in [0.15, 0.2) is 89.8 Å². The van der Waals surface area contributed by atoms with E-state index < -0.39 is 15.9 Å². The highest BCUT2D eigenvalue weighted by atomic mass is 32.2. The summed E-state index contributed by atoms with van der Waals surface area (Å²) in [6.07, 6.45) is 1.27. The van der Waals surface area contributed by atoms with Crippen molar-refractivity contribution in [3.05, 3.63) is 101 Å². The maximum Gasteiger partial charge on any atom is 0.209 e. The summed E-state index contributed by atoms with van der Waals surface area (Å²) in [7, 11) is -3.54. The fourth-order valence-electron chi connectivity index (χ4n) is 3.96. The second-order valence-electron chi connectivity index (χ2n) is 7.11. The Labute approximate surface area is 169 Å². The fraction of sp³-hybridized carbons (Fsp3) is 0.0870. The number of allylic oxidation sites excluding steroid dienone is 1. The van der Waals surface area contributed by atoms with Gasteiger partial charge in [-0.3, -0.25) is 4.57 Å². The monoisotopic (exact) mass is 401 g/mol. The molecule has 0 fully saturated rings. The SMILES string of the molecule is CS(=O)(=O)C1=C(c2ccccc2)Nc2nc3ccccc3n2C1c1ccccc1. The van der Waals surface area contributed by atoms with E-state index in [1.807, 2.05) is 89.5 Å². The highest BCUT2D eigenvalue weighted by molar-refractivity contribution is 7.94. The Bertz CT molecular complexity index is 1340. The zero-order chi connectivity index (χ0) is 20.0. The van der Waals surface area contributed by atoms with Crippen molar-refractivity contribution in [2.75, 3.05) is 11.6 Å². The van der Waals surface area contributed by atoms with Crippen molar-refractivity contribution in [1.82, 2.24) is 9.55 Å². The van der Waals surface area contributed by atoms with Crippen LogP contribution in [-0.2, 0) is 9.84 Å². The summed E-state index contributed by atoms with van der Waals surface area (Å²) < 4.78 is 28.2. The topological polar surface area (TPSA) is 64.0 Å². The number of anilines is 1. The Kier molecular flexibility index (Phi) is 4.03. The van der Waals surface area contributed by atoms with Crippen molar-refractivity contribution in [1.29, 1.82) is 0 Å². The molecule has 1 aliphatic heterocycles. The van der Waals surface area contributed by atoms with Crippen LogP contribution in [0.4, 0.5) is 5.95 Å². The predicted molar refractivity (Wildman–Crippen MR) is 116 cm³/mol. The molecule has 0 spiro atoms. The quantitative estimate of drug-likeness (QED) is 0.550. The standard InChI is InChI=1S/C23H19N3O2S/c1-29(27,28)22-20(16-10-4-2-5-11-16)25-23-24-18-14-8-9-15-19(18)26(23)21(22)17-12-6-3-7-13-17/h2-15,21H,1H3,(H,24,25). The molecule has 0 amide bonds. The van der Waals surface area contributed by atoms with Gasteiger partial charge in [0.05, 0.1) is 21.6 Å². The number of nitrogens with zero attached hydrogens (tertiary/aromatic N) is 2. The summed E-state index contributed by atoms with van der Waals surface area (Å²) >= 11 is 0. The second-order valence-corrected chi connectivity index (χ2v) is 9.09. The van der Waals surface area contributed by atoms with Crippen molar-refractivity contribution in [2.45, 2.75) is 6.04 Å². The predicted octanol–water partition coefficient (Wildman–Crippen LogP) is 4.46. The van der Waals surface area contributed by atoms with Gasteiger partial charge in [0, 0.05) is 6.26 Å². The molecule has 0 aliphatic carbocycles. The average molecular weight is 401 g/mol. The first kappa shape index (κ1) is 17.7. The van der Waals surface area contributed by atoms with Gasteiger partial charge in [0.15, 0.2) is 9.84 Å². The molecule has 0 bridgehead atoms. The van der Waals surface area contributed by atoms with E-state index in [9.17, 15) is 8.42 Å². The molecular weight excluding hydrogens is 382 g/mol. The molecule has 29 heavy (non-hydrogen) atoms. The van der Waals surface area contributed by atoms with E-state index in [0.29, 0.717) is 16.6 Å². The third-order valence-electron chi connectivity index (χ3n) is 5.16. The van der Waals surface area contributed by atoms with E-state index >= 15 is 0 Å². The van der Waals surface area contributed by atoms with Gasteiger partial charge in [-0.05, 0) is 23.3 Å². The Morgan fingerprint density at radius 3 is 2.17 bits per heavy atom. The van der Waals surface area contributed by atoms with Crippen LogP contribution in [0, 0.1) is 0 Å². The molecule has 1 N–H and O–H groups in total. The fourth-order valence-corrected chi connectivity index (χ4v) is 5.15. The van der Waals surface area contributed by atoms with Gasteiger partial charge in [-0.15, -0.1) is 0 Å². The molecule has 0 saturated carbocycles. The molecule has 144 valence electrons. The van der Waals surface area contributed by atoms with Crippen LogP contribution in [0.25, 0.3) is 16.7 Å². The molecule has 1 atom stereocenters. The number of imidazole rings is 1. The Balaban J connectivity index is 1.89. The maximum atomic E-state index is 13.1. The summed E-state index contributed by atoms with van der Waals surface area (Å²) in [5.41, 5.74) is 3.99. The first-order chi connectivity index (χ1) is 14.0. The third-order valence-corrected chi connectivity index (χ3v) is 6.39. The summed E-state index contributed by atoms with van der Waals surface area (Å²) in [6, 6.07) is 26.5. The van der Waals surface area contributed by atoms with Gasteiger partial charge in [-0.25, -0.2) is 13.4 Å². The zero-order valence-electron chi connectivity index (χ0n) is 15.8. The maximum absolute atomic E-state index is 13.1. The molecule has 5 nitrogen and oxygen atoms in total. The normalized spacial score (nSPS) is 16.5. The number of nitrogens with one attached hydrogen (secondary N) is 1. The van der Waals surface area contributed by atoms with Gasteiger partial charge in [0.1, 0.15) is 6.04 Å². The van der Waals surface area contributed by atoms with E-state index in [1.165, 1.54) is 6.26 Å². The van der Waals surface area contributed by atoms with Crippen LogP contribution in [0.1, 0.15) is 17.2 Å². The number of rotatable bonds is 3. The van der Waals surface area contributed by atoms with Gasteiger partial charge < -0.3 is 5.32 Å². The van der Waals surface area contributed by atoms with E-state index in [1.54, 1.807) is 0 Å². The minimum atomic E-state index is -3.54. The number of sulfone groups is 1. The molecular formula is C23H19N3O2S. The number of para-hydroxylation sites is 2. The summed E-state index contributed by atoms with van der Waals surface area (Å²) in [5.74, 6) is 0.631. The minimum Gasteiger partial charge on any atom is -0.324 e. The van der Waals surface area contributed by atoms with E-state index in [2.05, 4.69) is 5.32 Å². The van der Waals surface area contributed by atoms with Gasteiger partial charge >= 0.3 is 0 Å². The smallest absolute Gasteiger partial charge is 0.209 e. The van der Waals surface area contributed by atoms with Crippen molar-refractivity contribution >= 4 is 32.5 Å². The van der Waals surface area contributed by atoms with E-state index in [4.69, 9.17) is 4.98 Å².